The van der Waals surface area contributed by atoms with E-state index in [-0.39, 0.29) is 12.2 Å². The zero-order valence-electron chi connectivity index (χ0n) is 8.61. The van der Waals surface area contributed by atoms with Gasteiger partial charge in [0.15, 0.2) is 5.78 Å². The number of rotatable bonds is 4. The van der Waals surface area contributed by atoms with Crippen LogP contribution in [-0.2, 0) is 11.2 Å². The standard InChI is InChI=1S/C11H12O4/c1-7(12)9-5-3-4-8(6-10(13)14)11(9)15-2/h3-5H,6H2,1-2H3,(H,13,14). The Kier molecular flexibility index (Phi) is 3.44. The summed E-state index contributed by atoms with van der Waals surface area (Å²) in [5.41, 5.74) is 0.925. The summed E-state index contributed by atoms with van der Waals surface area (Å²) in [5.74, 6) is -0.736. The summed E-state index contributed by atoms with van der Waals surface area (Å²) < 4.78 is 5.05. The fraction of sp³-hybridized carbons (Fsp3) is 0.273. The Labute approximate surface area is 87.5 Å². The van der Waals surface area contributed by atoms with Crippen molar-refractivity contribution in [1.82, 2.24) is 0 Å². The van der Waals surface area contributed by atoms with Gasteiger partial charge in [0, 0.05) is 5.56 Å². The van der Waals surface area contributed by atoms with E-state index in [1.54, 1.807) is 18.2 Å². The number of carbonyl (C=O) groups is 2. The molecule has 0 spiro atoms. The van der Waals surface area contributed by atoms with Crippen molar-refractivity contribution in [2.45, 2.75) is 13.3 Å². The van der Waals surface area contributed by atoms with Crippen LogP contribution in [0.25, 0.3) is 0 Å². The van der Waals surface area contributed by atoms with E-state index in [9.17, 15) is 9.59 Å². The van der Waals surface area contributed by atoms with E-state index in [4.69, 9.17) is 9.84 Å². The SMILES string of the molecule is COc1c(CC(=O)O)cccc1C(C)=O. The Morgan fingerprint density at radius 3 is 2.53 bits per heavy atom. The Bertz CT molecular complexity index is 396. The molecule has 4 nitrogen and oxygen atoms in total. The maximum atomic E-state index is 11.2. The molecule has 0 saturated heterocycles. The number of carboxylic acid groups (broad SMARTS) is 1. The zero-order valence-corrected chi connectivity index (χ0v) is 8.61. The van der Waals surface area contributed by atoms with E-state index in [0.29, 0.717) is 16.9 Å². The van der Waals surface area contributed by atoms with Gasteiger partial charge in [-0.3, -0.25) is 9.59 Å². The summed E-state index contributed by atoms with van der Waals surface area (Å²) in [6.45, 7) is 1.42. The highest BCUT2D eigenvalue weighted by Crippen LogP contribution is 2.24. The molecule has 0 fully saturated rings. The molecule has 1 aromatic rings. The quantitative estimate of drug-likeness (QED) is 0.762. The molecule has 0 unspecified atom stereocenters. The van der Waals surface area contributed by atoms with Gasteiger partial charge < -0.3 is 9.84 Å². The zero-order chi connectivity index (χ0) is 11.4. The van der Waals surface area contributed by atoms with Crippen LogP contribution >= 0.6 is 0 Å². The van der Waals surface area contributed by atoms with Gasteiger partial charge in [-0.1, -0.05) is 12.1 Å². The van der Waals surface area contributed by atoms with Crippen LogP contribution < -0.4 is 4.74 Å². The second-order valence-corrected chi connectivity index (χ2v) is 3.12. The molecule has 0 aliphatic carbocycles. The Hall–Kier alpha value is -1.84. The van der Waals surface area contributed by atoms with Gasteiger partial charge >= 0.3 is 5.97 Å². The van der Waals surface area contributed by atoms with Crippen molar-refractivity contribution in [1.29, 1.82) is 0 Å². The highest BCUT2D eigenvalue weighted by molar-refractivity contribution is 5.97. The predicted octanol–water partition coefficient (Wildman–Crippen LogP) is 1.52. The molecule has 1 rings (SSSR count). The van der Waals surface area contributed by atoms with Crippen LogP contribution in [0.5, 0.6) is 5.75 Å². The summed E-state index contributed by atoms with van der Waals surface area (Å²) in [6.07, 6.45) is -0.149. The van der Waals surface area contributed by atoms with E-state index in [1.165, 1.54) is 14.0 Å². The van der Waals surface area contributed by atoms with Crippen molar-refractivity contribution in [2.24, 2.45) is 0 Å². The molecule has 4 heteroatoms. The van der Waals surface area contributed by atoms with Crippen LogP contribution in [0.15, 0.2) is 18.2 Å². The molecule has 0 aromatic heterocycles. The number of aliphatic carboxylic acids is 1. The van der Waals surface area contributed by atoms with Crippen LogP contribution in [0.3, 0.4) is 0 Å². The lowest BCUT2D eigenvalue weighted by Crippen LogP contribution is -2.05. The van der Waals surface area contributed by atoms with Crippen molar-refractivity contribution in [2.75, 3.05) is 7.11 Å². The molecule has 1 aromatic carbocycles. The smallest absolute Gasteiger partial charge is 0.307 e. The number of ketones is 1. The monoisotopic (exact) mass is 208 g/mol. The summed E-state index contributed by atoms with van der Waals surface area (Å²) in [4.78, 5) is 21.8. The third-order valence-corrected chi connectivity index (χ3v) is 2.02. The Balaban J connectivity index is 3.21. The summed E-state index contributed by atoms with van der Waals surface area (Å²) in [5, 5.41) is 8.68. The van der Waals surface area contributed by atoms with Crippen LogP contribution in [0, 0.1) is 0 Å². The van der Waals surface area contributed by atoms with Crippen molar-refractivity contribution in [3.05, 3.63) is 29.3 Å². The molecule has 1 N–H and O–H groups in total. The molecule has 0 aliphatic heterocycles. The lowest BCUT2D eigenvalue weighted by Gasteiger charge is -2.10. The van der Waals surface area contributed by atoms with Gasteiger partial charge in [-0.2, -0.15) is 0 Å². The molecule has 0 radical (unpaired) electrons. The first-order valence-electron chi connectivity index (χ1n) is 4.45. The van der Waals surface area contributed by atoms with Gasteiger partial charge in [0.2, 0.25) is 0 Å². The van der Waals surface area contributed by atoms with Gasteiger partial charge in [0.1, 0.15) is 5.75 Å². The molecule has 15 heavy (non-hydrogen) atoms. The molecule has 0 amide bonds. The molecule has 0 atom stereocenters. The summed E-state index contributed by atoms with van der Waals surface area (Å²) in [7, 11) is 1.42. The van der Waals surface area contributed by atoms with Crippen LogP contribution in [0.1, 0.15) is 22.8 Å². The van der Waals surface area contributed by atoms with E-state index < -0.39 is 5.97 Å². The van der Waals surface area contributed by atoms with E-state index >= 15 is 0 Å². The first-order valence-corrected chi connectivity index (χ1v) is 4.45. The van der Waals surface area contributed by atoms with Gasteiger partial charge in [-0.05, 0) is 13.0 Å². The third kappa shape index (κ3) is 2.56. The van der Waals surface area contributed by atoms with E-state index in [1.807, 2.05) is 0 Å². The number of benzene rings is 1. The largest absolute Gasteiger partial charge is 0.496 e. The highest BCUT2D eigenvalue weighted by Gasteiger charge is 2.13. The lowest BCUT2D eigenvalue weighted by molar-refractivity contribution is -0.136. The van der Waals surface area contributed by atoms with E-state index in [2.05, 4.69) is 0 Å². The van der Waals surface area contributed by atoms with Crippen LogP contribution in [0.4, 0.5) is 0 Å². The number of methoxy groups -OCH3 is 1. The second-order valence-electron chi connectivity index (χ2n) is 3.12. The minimum absolute atomic E-state index is 0.140. The molecule has 0 aliphatic rings. The van der Waals surface area contributed by atoms with E-state index in [0.717, 1.165) is 0 Å². The Morgan fingerprint density at radius 2 is 2.07 bits per heavy atom. The average Bonchev–Trinajstić information content (AvgIpc) is 2.16. The number of para-hydroxylation sites is 1. The summed E-state index contributed by atoms with van der Waals surface area (Å²) in [6, 6.07) is 4.91. The number of carbonyl (C=O) groups excluding carboxylic acids is 1. The van der Waals surface area contributed by atoms with Gasteiger partial charge in [-0.15, -0.1) is 0 Å². The van der Waals surface area contributed by atoms with Crippen molar-refractivity contribution < 1.29 is 19.4 Å². The lowest BCUT2D eigenvalue weighted by atomic mass is 10.0. The van der Waals surface area contributed by atoms with Crippen molar-refractivity contribution >= 4 is 11.8 Å². The number of ether oxygens (including phenoxy) is 1. The number of Topliss-reactive ketones (excluding diaryl/α,β-unsaturated/α-hetero) is 1. The first-order chi connectivity index (χ1) is 7.06. The minimum atomic E-state index is -0.950. The molecule has 0 saturated carbocycles. The maximum Gasteiger partial charge on any atom is 0.307 e. The Morgan fingerprint density at radius 1 is 1.40 bits per heavy atom. The normalized spacial score (nSPS) is 9.73. The van der Waals surface area contributed by atoms with Crippen LogP contribution in [-0.4, -0.2) is 24.0 Å². The predicted molar refractivity (Wildman–Crippen MR) is 54.3 cm³/mol. The molecule has 0 heterocycles. The fourth-order valence-corrected chi connectivity index (χ4v) is 1.41. The van der Waals surface area contributed by atoms with Gasteiger partial charge in [0.25, 0.3) is 0 Å². The maximum absolute atomic E-state index is 11.2. The van der Waals surface area contributed by atoms with Gasteiger partial charge in [-0.25, -0.2) is 0 Å². The van der Waals surface area contributed by atoms with Crippen LogP contribution in [0.2, 0.25) is 0 Å². The highest BCUT2D eigenvalue weighted by atomic mass is 16.5. The third-order valence-electron chi connectivity index (χ3n) is 2.02. The first kappa shape index (κ1) is 11.2. The molecular weight excluding hydrogens is 196 g/mol. The minimum Gasteiger partial charge on any atom is -0.496 e. The average molecular weight is 208 g/mol. The number of hydrogen-bond acceptors (Lipinski definition) is 3. The molecular formula is C11H12O4. The summed E-state index contributed by atoms with van der Waals surface area (Å²) >= 11 is 0. The fourth-order valence-electron chi connectivity index (χ4n) is 1.41. The second kappa shape index (κ2) is 4.59. The topological polar surface area (TPSA) is 63.6 Å². The molecule has 80 valence electrons. The number of hydrogen-bond donors (Lipinski definition) is 1. The van der Waals surface area contributed by atoms with Crippen molar-refractivity contribution in [3.8, 4) is 5.75 Å². The molecule has 0 bridgehead atoms. The number of carboxylic acids is 1. The van der Waals surface area contributed by atoms with Crippen molar-refractivity contribution in [3.63, 3.8) is 0 Å². The van der Waals surface area contributed by atoms with Gasteiger partial charge in [0.05, 0.1) is 19.1 Å².